The normalized spacial score (nSPS) is 15.5. The van der Waals surface area contributed by atoms with Crippen molar-refractivity contribution in [3.05, 3.63) is 38.6 Å². The molecule has 0 saturated heterocycles. The number of aryl methyl sites for hydroxylation is 2. The zero-order valence-electron chi connectivity index (χ0n) is 13.8. The largest absolute Gasteiger partial charge is 0.354 e. The molecule has 122 valence electrons. The molecule has 2 aromatic heterocycles. The first-order valence-electron chi connectivity index (χ1n) is 7.81. The highest BCUT2D eigenvalue weighted by Crippen LogP contribution is 2.42. The van der Waals surface area contributed by atoms with Gasteiger partial charge in [0.25, 0.3) is 5.91 Å². The Morgan fingerprint density at radius 3 is 2.52 bits per heavy atom. The van der Waals surface area contributed by atoms with Gasteiger partial charge in [0.05, 0.1) is 6.04 Å². The van der Waals surface area contributed by atoms with E-state index in [1.165, 1.54) is 6.92 Å². The first-order chi connectivity index (χ1) is 10.9. The molecule has 23 heavy (non-hydrogen) atoms. The van der Waals surface area contributed by atoms with E-state index in [0.717, 1.165) is 34.8 Å². The molecule has 1 saturated carbocycles. The van der Waals surface area contributed by atoms with Crippen LogP contribution in [0.3, 0.4) is 0 Å². The molecule has 6 heteroatoms. The van der Waals surface area contributed by atoms with Crippen molar-refractivity contribution in [3.8, 4) is 0 Å². The van der Waals surface area contributed by atoms with Crippen molar-refractivity contribution in [2.45, 2.75) is 46.6 Å². The lowest BCUT2D eigenvalue weighted by Gasteiger charge is -2.15. The van der Waals surface area contributed by atoms with E-state index in [1.807, 2.05) is 26.2 Å². The molecular weight excluding hydrogens is 310 g/mol. The van der Waals surface area contributed by atoms with Gasteiger partial charge in [0.2, 0.25) is 0 Å². The molecule has 1 aliphatic rings. The van der Waals surface area contributed by atoms with E-state index in [-0.39, 0.29) is 17.7 Å². The highest BCUT2D eigenvalue weighted by molar-refractivity contribution is 7.09. The van der Waals surface area contributed by atoms with Gasteiger partial charge in [0.15, 0.2) is 5.78 Å². The van der Waals surface area contributed by atoms with Crippen LogP contribution in [0.5, 0.6) is 0 Å². The second-order valence-electron chi connectivity index (χ2n) is 6.30. The molecule has 3 rings (SSSR count). The van der Waals surface area contributed by atoms with E-state index in [9.17, 15) is 9.59 Å². The van der Waals surface area contributed by atoms with Crippen molar-refractivity contribution in [1.29, 1.82) is 0 Å². The number of rotatable bonds is 5. The van der Waals surface area contributed by atoms with Gasteiger partial charge >= 0.3 is 0 Å². The maximum absolute atomic E-state index is 12.7. The van der Waals surface area contributed by atoms with Crippen LogP contribution >= 0.6 is 11.3 Å². The third-order valence-corrected chi connectivity index (χ3v) is 5.35. The van der Waals surface area contributed by atoms with E-state index < -0.39 is 0 Å². The Labute approximate surface area is 139 Å². The number of nitrogens with zero attached hydrogens (tertiary/aromatic N) is 1. The number of aromatic nitrogens is 2. The summed E-state index contributed by atoms with van der Waals surface area (Å²) in [6.45, 7) is 7.12. The molecule has 1 atom stereocenters. The van der Waals surface area contributed by atoms with Gasteiger partial charge in [-0.25, -0.2) is 4.98 Å². The number of carbonyl (C=O) groups excluding carboxylic acids is 2. The molecule has 1 aliphatic carbocycles. The molecule has 0 aromatic carbocycles. The molecule has 1 amide bonds. The Morgan fingerprint density at radius 2 is 2.04 bits per heavy atom. The summed E-state index contributed by atoms with van der Waals surface area (Å²) in [6.07, 6.45) is 2.23. The second-order valence-corrected chi connectivity index (χ2v) is 7.19. The molecule has 0 bridgehead atoms. The lowest BCUT2D eigenvalue weighted by molar-refractivity contribution is 0.0926. The van der Waals surface area contributed by atoms with E-state index in [2.05, 4.69) is 15.3 Å². The van der Waals surface area contributed by atoms with Crippen LogP contribution in [0.25, 0.3) is 0 Å². The fraction of sp³-hybridized carbons (Fsp3) is 0.471. The molecule has 1 fully saturated rings. The summed E-state index contributed by atoms with van der Waals surface area (Å²) in [5.74, 6) is 0.278. The third kappa shape index (κ3) is 3.08. The Balaban J connectivity index is 1.85. The molecule has 0 radical (unpaired) electrons. The molecule has 0 spiro atoms. The maximum atomic E-state index is 12.7. The van der Waals surface area contributed by atoms with Crippen LogP contribution in [-0.2, 0) is 0 Å². The number of Topliss-reactive ketones (excluding diaryl/α,β-unsaturated/α-hetero) is 1. The van der Waals surface area contributed by atoms with E-state index in [0.29, 0.717) is 17.2 Å². The second kappa shape index (κ2) is 5.92. The average molecular weight is 331 g/mol. The van der Waals surface area contributed by atoms with Crippen LogP contribution in [-0.4, -0.2) is 21.7 Å². The van der Waals surface area contributed by atoms with Gasteiger partial charge in [-0.1, -0.05) is 0 Å². The Kier molecular flexibility index (Phi) is 4.10. The fourth-order valence-corrected chi connectivity index (χ4v) is 3.98. The SMILES string of the molecule is CC(=O)c1c(C)[nH]c(C(=O)NC(c2nc(C)cs2)C2CC2)c1C. The minimum Gasteiger partial charge on any atom is -0.354 e. The van der Waals surface area contributed by atoms with Crippen LogP contribution in [0.2, 0.25) is 0 Å². The minimum absolute atomic E-state index is 0.0235. The first-order valence-corrected chi connectivity index (χ1v) is 8.69. The zero-order valence-corrected chi connectivity index (χ0v) is 14.6. The molecular formula is C17H21N3O2S. The van der Waals surface area contributed by atoms with Gasteiger partial charge in [-0.05, 0) is 52.0 Å². The number of carbonyl (C=O) groups is 2. The summed E-state index contributed by atoms with van der Waals surface area (Å²) in [4.78, 5) is 32.0. The number of ketones is 1. The Hall–Kier alpha value is -1.95. The zero-order chi connectivity index (χ0) is 16.7. The predicted molar refractivity (Wildman–Crippen MR) is 90.1 cm³/mol. The summed E-state index contributed by atoms with van der Waals surface area (Å²) >= 11 is 1.59. The number of nitrogens with one attached hydrogen (secondary N) is 2. The van der Waals surface area contributed by atoms with Crippen molar-refractivity contribution in [1.82, 2.24) is 15.3 Å². The van der Waals surface area contributed by atoms with Gasteiger partial charge in [-0.3, -0.25) is 9.59 Å². The van der Waals surface area contributed by atoms with Gasteiger partial charge in [0.1, 0.15) is 10.7 Å². The van der Waals surface area contributed by atoms with E-state index in [1.54, 1.807) is 11.3 Å². The Bertz CT molecular complexity index is 771. The topological polar surface area (TPSA) is 74.8 Å². The maximum Gasteiger partial charge on any atom is 0.268 e. The number of hydrogen-bond donors (Lipinski definition) is 2. The number of hydrogen-bond acceptors (Lipinski definition) is 4. The molecule has 2 aromatic rings. The molecule has 1 unspecified atom stereocenters. The number of amides is 1. The molecule has 2 heterocycles. The van der Waals surface area contributed by atoms with Crippen molar-refractivity contribution in [2.24, 2.45) is 5.92 Å². The Morgan fingerprint density at radius 1 is 1.35 bits per heavy atom. The minimum atomic E-state index is -0.164. The van der Waals surface area contributed by atoms with Crippen molar-refractivity contribution in [3.63, 3.8) is 0 Å². The number of H-pyrrole nitrogens is 1. The fourth-order valence-electron chi connectivity index (χ4n) is 3.04. The van der Waals surface area contributed by atoms with Crippen molar-refractivity contribution >= 4 is 23.0 Å². The summed E-state index contributed by atoms with van der Waals surface area (Å²) in [5.41, 5.74) is 3.54. The van der Waals surface area contributed by atoms with Crippen molar-refractivity contribution < 1.29 is 9.59 Å². The van der Waals surface area contributed by atoms with Gasteiger partial charge in [-0.2, -0.15) is 0 Å². The van der Waals surface area contributed by atoms with Crippen molar-refractivity contribution in [2.75, 3.05) is 0 Å². The standard InChI is InChI=1S/C17H21N3O2S/c1-8-7-23-17(18-8)15(12-5-6-12)20-16(22)14-9(2)13(11(4)21)10(3)19-14/h7,12,15,19H,5-6H2,1-4H3,(H,20,22). The molecule has 2 N–H and O–H groups in total. The summed E-state index contributed by atoms with van der Waals surface area (Å²) in [5, 5.41) is 6.08. The summed E-state index contributed by atoms with van der Waals surface area (Å²) in [7, 11) is 0. The molecule has 0 aliphatic heterocycles. The monoisotopic (exact) mass is 331 g/mol. The quantitative estimate of drug-likeness (QED) is 0.824. The van der Waals surface area contributed by atoms with Crippen LogP contribution in [0.15, 0.2) is 5.38 Å². The predicted octanol–water partition coefficient (Wildman–Crippen LogP) is 3.48. The summed E-state index contributed by atoms with van der Waals surface area (Å²) in [6, 6.07) is -0.0371. The highest BCUT2D eigenvalue weighted by Gasteiger charge is 2.36. The van der Waals surface area contributed by atoms with Crippen LogP contribution < -0.4 is 5.32 Å². The average Bonchev–Trinajstić information content (AvgIpc) is 3.15. The first kappa shape index (κ1) is 15.9. The van der Waals surface area contributed by atoms with Crippen LogP contribution in [0, 0.1) is 26.7 Å². The van der Waals surface area contributed by atoms with Gasteiger partial charge < -0.3 is 10.3 Å². The summed E-state index contributed by atoms with van der Waals surface area (Å²) < 4.78 is 0. The van der Waals surface area contributed by atoms with E-state index in [4.69, 9.17) is 0 Å². The van der Waals surface area contributed by atoms with Gasteiger partial charge in [-0.15, -0.1) is 11.3 Å². The van der Waals surface area contributed by atoms with Crippen LogP contribution in [0.1, 0.15) is 68.6 Å². The van der Waals surface area contributed by atoms with E-state index >= 15 is 0 Å². The number of thiazole rings is 1. The third-order valence-electron chi connectivity index (χ3n) is 4.30. The smallest absolute Gasteiger partial charge is 0.268 e. The molecule has 5 nitrogen and oxygen atoms in total. The van der Waals surface area contributed by atoms with Gasteiger partial charge in [0, 0.05) is 22.3 Å². The highest BCUT2D eigenvalue weighted by atomic mass is 32.1. The number of aromatic amines is 1. The van der Waals surface area contributed by atoms with Crippen LogP contribution in [0.4, 0.5) is 0 Å². The lowest BCUT2D eigenvalue weighted by atomic mass is 10.1. The lowest BCUT2D eigenvalue weighted by Crippen LogP contribution is -2.30.